The van der Waals surface area contributed by atoms with E-state index in [0.717, 1.165) is 5.56 Å². The first kappa shape index (κ1) is 18.5. The summed E-state index contributed by atoms with van der Waals surface area (Å²) in [5.41, 5.74) is 3.00. The van der Waals surface area contributed by atoms with Crippen molar-refractivity contribution >= 4 is 21.6 Å². The summed E-state index contributed by atoms with van der Waals surface area (Å²) in [5, 5.41) is 2.77. The van der Waals surface area contributed by atoms with Crippen LogP contribution < -0.4 is 5.32 Å². The molecule has 1 aliphatic rings. The van der Waals surface area contributed by atoms with Gasteiger partial charge in [-0.15, -0.1) is 0 Å². The fourth-order valence-corrected chi connectivity index (χ4v) is 5.71. The van der Waals surface area contributed by atoms with Crippen LogP contribution in [0, 0.1) is 20.8 Å². The zero-order chi connectivity index (χ0) is 18.9. The largest absolute Gasteiger partial charge is 0.323 e. The maximum atomic E-state index is 13.3. The number of carbonyl (C=O) groups excluding carboxylic acids is 1. The number of nitrogens with one attached hydrogen (secondary N) is 1. The lowest BCUT2D eigenvalue weighted by atomic mass is 10.1. The van der Waals surface area contributed by atoms with E-state index in [2.05, 4.69) is 10.3 Å². The summed E-state index contributed by atoms with van der Waals surface area (Å²) in [7, 11) is -3.75. The first-order valence-corrected chi connectivity index (χ1v) is 10.1. The smallest absolute Gasteiger partial charge is 0.244 e. The predicted octanol–water partition coefficient (Wildman–Crippen LogP) is 2.80. The van der Waals surface area contributed by atoms with Crippen molar-refractivity contribution < 1.29 is 13.2 Å². The van der Waals surface area contributed by atoms with Gasteiger partial charge in [-0.2, -0.15) is 4.31 Å². The topological polar surface area (TPSA) is 79.4 Å². The van der Waals surface area contributed by atoms with Crippen LogP contribution >= 0.6 is 0 Å². The number of aromatic nitrogens is 1. The molecule has 1 N–H and O–H groups in total. The van der Waals surface area contributed by atoms with Gasteiger partial charge in [-0.05, 0) is 56.9 Å². The number of hydrogen-bond acceptors (Lipinski definition) is 4. The Morgan fingerprint density at radius 1 is 1.23 bits per heavy atom. The number of amides is 1. The Bertz CT molecular complexity index is 903. The fraction of sp³-hybridized carbons (Fsp3) is 0.368. The number of anilines is 1. The van der Waals surface area contributed by atoms with Crippen LogP contribution in [0.3, 0.4) is 0 Å². The lowest BCUT2D eigenvalue weighted by molar-refractivity contribution is -0.119. The molecule has 1 amide bonds. The van der Waals surface area contributed by atoms with E-state index in [1.165, 1.54) is 4.31 Å². The standard InChI is InChI=1S/C19H23N3O3S/c1-13-10-14(2)18(15(3)11-13)26(24,25)22-9-5-7-17(22)19(23)21-16-6-4-8-20-12-16/h4,6,8,10-12,17H,5,7,9H2,1-3H3,(H,21,23)/t17-/m0/s1. The minimum atomic E-state index is -3.75. The van der Waals surface area contributed by atoms with Crippen LogP contribution in [-0.4, -0.2) is 36.2 Å². The van der Waals surface area contributed by atoms with Gasteiger partial charge in [0.1, 0.15) is 6.04 Å². The number of nitrogens with zero attached hydrogens (tertiary/aromatic N) is 2. The highest BCUT2D eigenvalue weighted by molar-refractivity contribution is 7.89. The van der Waals surface area contributed by atoms with Gasteiger partial charge in [0.05, 0.1) is 16.8 Å². The average molecular weight is 373 g/mol. The average Bonchev–Trinajstić information content (AvgIpc) is 3.05. The fourth-order valence-electron chi connectivity index (χ4n) is 3.64. The van der Waals surface area contributed by atoms with E-state index in [-0.39, 0.29) is 5.91 Å². The first-order chi connectivity index (χ1) is 12.3. The normalized spacial score (nSPS) is 18.0. The van der Waals surface area contributed by atoms with E-state index >= 15 is 0 Å². The number of sulfonamides is 1. The van der Waals surface area contributed by atoms with Crippen molar-refractivity contribution in [2.24, 2.45) is 0 Å². The molecule has 1 saturated heterocycles. The predicted molar refractivity (Wildman–Crippen MR) is 100 cm³/mol. The number of benzene rings is 1. The maximum Gasteiger partial charge on any atom is 0.244 e. The molecule has 0 radical (unpaired) electrons. The SMILES string of the molecule is Cc1cc(C)c(S(=O)(=O)N2CCC[C@H]2C(=O)Nc2cccnc2)c(C)c1. The molecule has 0 saturated carbocycles. The first-order valence-electron chi connectivity index (χ1n) is 8.61. The number of hydrogen-bond donors (Lipinski definition) is 1. The third-order valence-corrected chi connectivity index (χ3v) is 6.82. The molecule has 1 aliphatic heterocycles. The molecular weight excluding hydrogens is 350 g/mol. The van der Waals surface area contributed by atoms with Crippen LogP contribution in [0.15, 0.2) is 41.6 Å². The Hall–Kier alpha value is -2.25. The second kappa shape index (κ2) is 7.17. The minimum Gasteiger partial charge on any atom is -0.323 e. The van der Waals surface area contributed by atoms with Crippen LogP contribution in [0.5, 0.6) is 0 Å². The highest BCUT2D eigenvalue weighted by atomic mass is 32.2. The molecule has 1 aromatic heterocycles. The molecule has 0 bridgehead atoms. The Labute approximate surface area is 154 Å². The second-order valence-electron chi connectivity index (χ2n) is 6.73. The molecule has 26 heavy (non-hydrogen) atoms. The van der Waals surface area contributed by atoms with E-state index < -0.39 is 16.1 Å². The van der Waals surface area contributed by atoms with Crippen LogP contribution in [0.25, 0.3) is 0 Å². The molecule has 0 spiro atoms. The van der Waals surface area contributed by atoms with Gasteiger partial charge in [0, 0.05) is 12.7 Å². The van der Waals surface area contributed by atoms with Crippen molar-refractivity contribution in [3.8, 4) is 0 Å². The van der Waals surface area contributed by atoms with Crippen LogP contribution in [0.2, 0.25) is 0 Å². The second-order valence-corrected chi connectivity index (χ2v) is 8.56. The van der Waals surface area contributed by atoms with Crippen molar-refractivity contribution in [2.75, 3.05) is 11.9 Å². The van der Waals surface area contributed by atoms with Crippen LogP contribution in [-0.2, 0) is 14.8 Å². The zero-order valence-electron chi connectivity index (χ0n) is 15.2. The zero-order valence-corrected chi connectivity index (χ0v) is 16.0. The molecule has 1 fully saturated rings. The number of aryl methyl sites for hydroxylation is 3. The molecule has 6 nitrogen and oxygen atoms in total. The Kier molecular flexibility index (Phi) is 5.11. The minimum absolute atomic E-state index is 0.309. The Balaban J connectivity index is 1.91. The summed E-state index contributed by atoms with van der Waals surface area (Å²) in [5.74, 6) is -0.318. The molecule has 2 aromatic rings. The lowest BCUT2D eigenvalue weighted by Crippen LogP contribution is -2.43. The molecule has 7 heteroatoms. The summed E-state index contributed by atoms with van der Waals surface area (Å²) in [6.07, 6.45) is 4.33. The summed E-state index contributed by atoms with van der Waals surface area (Å²) >= 11 is 0. The van der Waals surface area contributed by atoms with Crippen LogP contribution in [0.4, 0.5) is 5.69 Å². The summed E-state index contributed by atoms with van der Waals surface area (Å²) in [6, 6.07) is 6.46. The van der Waals surface area contributed by atoms with Crippen LogP contribution in [0.1, 0.15) is 29.5 Å². The van der Waals surface area contributed by atoms with Gasteiger partial charge < -0.3 is 5.32 Å². The molecule has 1 aromatic carbocycles. The lowest BCUT2D eigenvalue weighted by Gasteiger charge is -2.25. The van der Waals surface area contributed by atoms with E-state index in [4.69, 9.17) is 0 Å². The molecule has 0 unspecified atom stereocenters. The van der Waals surface area contributed by atoms with Crippen molar-refractivity contribution in [2.45, 2.75) is 44.6 Å². The third kappa shape index (κ3) is 3.50. The van der Waals surface area contributed by atoms with Gasteiger partial charge >= 0.3 is 0 Å². The Morgan fingerprint density at radius 3 is 2.54 bits per heavy atom. The molecule has 138 valence electrons. The van der Waals surface area contributed by atoms with Crippen molar-refractivity contribution in [1.29, 1.82) is 0 Å². The van der Waals surface area contributed by atoms with Gasteiger partial charge in [0.2, 0.25) is 15.9 Å². The van der Waals surface area contributed by atoms with E-state index in [9.17, 15) is 13.2 Å². The third-order valence-electron chi connectivity index (χ3n) is 4.61. The van der Waals surface area contributed by atoms with Gasteiger partial charge in [0.25, 0.3) is 0 Å². The number of rotatable bonds is 4. The number of pyridine rings is 1. The molecule has 3 rings (SSSR count). The van der Waals surface area contributed by atoms with Gasteiger partial charge in [0.15, 0.2) is 0 Å². The summed E-state index contributed by atoms with van der Waals surface area (Å²) in [4.78, 5) is 17.0. The maximum absolute atomic E-state index is 13.3. The summed E-state index contributed by atoms with van der Waals surface area (Å²) in [6.45, 7) is 5.89. The van der Waals surface area contributed by atoms with Crippen molar-refractivity contribution in [1.82, 2.24) is 9.29 Å². The van der Waals surface area contributed by atoms with Crippen molar-refractivity contribution in [3.05, 3.63) is 53.3 Å². The van der Waals surface area contributed by atoms with Gasteiger partial charge in [-0.3, -0.25) is 9.78 Å². The van der Waals surface area contributed by atoms with Crippen molar-refractivity contribution in [3.63, 3.8) is 0 Å². The van der Waals surface area contributed by atoms with Gasteiger partial charge in [-0.25, -0.2) is 8.42 Å². The highest BCUT2D eigenvalue weighted by Crippen LogP contribution is 2.31. The van der Waals surface area contributed by atoms with E-state index in [1.807, 2.05) is 19.1 Å². The summed E-state index contributed by atoms with van der Waals surface area (Å²) < 4.78 is 27.9. The monoisotopic (exact) mass is 373 g/mol. The molecular formula is C19H23N3O3S. The van der Waals surface area contributed by atoms with E-state index in [0.29, 0.717) is 41.1 Å². The van der Waals surface area contributed by atoms with E-state index in [1.54, 1.807) is 38.4 Å². The number of carbonyl (C=O) groups is 1. The Morgan fingerprint density at radius 2 is 1.92 bits per heavy atom. The highest BCUT2D eigenvalue weighted by Gasteiger charge is 2.40. The van der Waals surface area contributed by atoms with Gasteiger partial charge in [-0.1, -0.05) is 17.7 Å². The quantitative estimate of drug-likeness (QED) is 0.894. The molecule has 1 atom stereocenters. The molecule has 2 heterocycles. The molecule has 0 aliphatic carbocycles.